The molecule has 1 aromatic rings. The lowest BCUT2D eigenvalue weighted by Crippen LogP contribution is -2.50. The summed E-state index contributed by atoms with van der Waals surface area (Å²) in [4.78, 5) is 13.9. The quantitative estimate of drug-likeness (QED) is 0.799. The molecule has 2 aliphatic heterocycles. The Kier molecular flexibility index (Phi) is 3.73. The fourth-order valence-corrected chi connectivity index (χ4v) is 2.99. The standard InChI is InChI=1S/C13H13F3N2O.ClH/c1-7-5-17-6-10-8-3-2-4-9(13(14,15)16)11(8)12(19)18(7)10;/h2-4,7,10,17H,5-6H2,1H3;1H/t7?,10-;/m0./s1. The van der Waals surface area contributed by atoms with Crippen LogP contribution in [0.15, 0.2) is 18.2 Å². The van der Waals surface area contributed by atoms with Crippen LogP contribution in [-0.4, -0.2) is 29.9 Å². The maximum atomic E-state index is 13.0. The maximum absolute atomic E-state index is 13.0. The fraction of sp³-hybridized carbons (Fsp3) is 0.462. The highest BCUT2D eigenvalue weighted by Gasteiger charge is 2.46. The second kappa shape index (κ2) is 4.93. The van der Waals surface area contributed by atoms with Crippen molar-refractivity contribution in [2.45, 2.75) is 25.2 Å². The first-order valence-corrected chi connectivity index (χ1v) is 6.14. The fourth-order valence-electron chi connectivity index (χ4n) is 2.99. The SMILES string of the molecule is CC1CNC[C@H]2c3cccc(C(F)(F)F)c3C(=O)N12.Cl. The van der Waals surface area contributed by atoms with E-state index in [1.165, 1.54) is 6.07 Å². The van der Waals surface area contributed by atoms with Gasteiger partial charge in [-0.1, -0.05) is 12.1 Å². The van der Waals surface area contributed by atoms with Crippen molar-refractivity contribution in [1.29, 1.82) is 0 Å². The molecule has 1 fully saturated rings. The van der Waals surface area contributed by atoms with Gasteiger partial charge >= 0.3 is 6.18 Å². The van der Waals surface area contributed by atoms with Crippen LogP contribution in [0.25, 0.3) is 0 Å². The van der Waals surface area contributed by atoms with Crippen LogP contribution in [-0.2, 0) is 6.18 Å². The van der Waals surface area contributed by atoms with Crippen molar-refractivity contribution in [2.24, 2.45) is 0 Å². The molecule has 1 amide bonds. The monoisotopic (exact) mass is 306 g/mol. The minimum Gasteiger partial charge on any atom is -0.326 e. The molecule has 1 unspecified atom stereocenters. The third-order valence-corrected chi connectivity index (χ3v) is 3.80. The first-order valence-electron chi connectivity index (χ1n) is 6.14. The van der Waals surface area contributed by atoms with Gasteiger partial charge in [0.05, 0.1) is 17.2 Å². The van der Waals surface area contributed by atoms with Gasteiger partial charge in [-0.2, -0.15) is 13.2 Å². The number of nitrogens with zero attached hydrogens (tertiary/aromatic N) is 1. The lowest BCUT2D eigenvalue weighted by molar-refractivity contribution is -0.137. The van der Waals surface area contributed by atoms with Crippen LogP contribution in [0.5, 0.6) is 0 Å². The molecule has 3 rings (SSSR count). The molecule has 0 aliphatic carbocycles. The van der Waals surface area contributed by atoms with Crippen LogP contribution in [0, 0.1) is 0 Å². The van der Waals surface area contributed by atoms with E-state index >= 15 is 0 Å². The molecule has 0 saturated carbocycles. The number of halogens is 4. The van der Waals surface area contributed by atoms with E-state index < -0.39 is 17.6 Å². The number of fused-ring (bicyclic) bond motifs is 3. The molecule has 0 bridgehead atoms. The van der Waals surface area contributed by atoms with Gasteiger partial charge in [-0.05, 0) is 18.6 Å². The predicted octanol–water partition coefficient (Wildman–Crippen LogP) is 2.62. The minimum atomic E-state index is -4.49. The van der Waals surface area contributed by atoms with Crippen molar-refractivity contribution in [3.05, 3.63) is 34.9 Å². The van der Waals surface area contributed by atoms with Crippen molar-refractivity contribution < 1.29 is 18.0 Å². The molecule has 0 spiro atoms. The van der Waals surface area contributed by atoms with Crippen LogP contribution in [0.4, 0.5) is 13.2 Å². The molecule has 0 radical (unpaired) electrons. The number of rotatable bonds is 0. The van der Waals surface area contributed by atoms with Gasteiger partial charge in [-0.25, -0.2) is 0 Å². The molecule has 2 heterocycles. The van der Waals surface area contributed by atoms with Crippen LogP contribution >= 0.6 is 12.4 Å². The number of benzene rings is 1. The molecule has 2 atom stereocenters. The topological polar surface area (TPSA) is 32.3 Å². The molecule has 7 heteroatoms. The molecule has 1 saturated heterocycles. The Morgan fingerprint density at radius 2 is 2.00 bits per heavy atom. The first kappa shape index (κ1) is 15.1. The number of alkyl halides is 3. The summed E-state index contributed by atoms with van der Waals surface area (Å²) in [5.41, 5.74) is -0.508. The van der Waals surface area contributed by atoms with E-state index in [1.807, 2.05) is 6.92 Å². The zero-order valence-corrected chi connectivity index (χ0v) is 11.5. The molecule has 110 valence electrons. The Bertz CT molecular complexity index is 547. The predicted molar refractivity (Wildman–Crippen MR) is 69.9 cm³/mol. The second-order valence-electron chi connectivity index (χ2n) is 5.00. The Hall–Kier alpha value is -1.27. The molecule has 1 N–H and O–H groups in total. The Balaban J connectivity index is 0.00000147. The van der Waals surface area contributed by atoms with Gasteiger partial charge in [0.25, 0.3) is 5.91 Å². The van der Waals surface area contributed by atoms with Crippen LogP contribution in [0.1, 0.15) is 34.5 Å². The number of amides is 1. The first-order chi connectivity index (χ1) is 8.91. The number of nitrogens with one attached hydrogen (secondary N) is 1. The van der Waals surface area contributed by atoms with E-state index in [0.717, 1.165) is 6.07 Å². The summed E-state index contributed by atoms with van der Waals surface area (Å²) in [5.74, 6) is -0.498. The van der Waals surface area contributed by atoms with Gasteiger partial charge in [-0.3, -0.25) is 4.79 Å². The summed E-state index contributed by atoms with van der Waals surface area (Å²) in [6, 6.07) is 3.59. The highest BCUT2D eigenvalue weighted by molar-refractivity contribution is 6.01. The third-order valence-electron chi connectivity index (χ3n) is 3.80. The van der Waals surface area contributed by atoms with Crippen molar-refractivity contribution in [2.75, 3.05) is 13.1 Å². The maximum Gasteiger partial charge on any atom is 0.417 e. The summed E-state index contributed by atoms with van der Waals surface area (Å²) in [6.45, 7) is 2.96. The normalized spacial score (nSPS) is 25.0. The highest BCUT2D eigenvalue weighted by Crippen LogP contribution is 2.42. The zero-order chi connectivity index (χ0) is 13.8. The van der Waals surface area contributed by atoms with Gasteiger partial charge in [-0.15, -0.1) is 12.4 Å². The van der Waals surface area contributed by atoms with E-state index in [0.29, 0.717) is 18.7 Å². The van der Waals surface area contributed by atoms with E-state index in [-0.39, 0.29) is 30.1 Å². The smallest absolute Gasteiger partial charge is 0.326 e. The van der Waals surface area contributed by atoms with Crippen molar-refractivity contribution >= 4 is 18.3 Å². The molecular weight excluding hydrogens is 293 g/mol. The zero-order valence-electron chi connectivity index (χ0n) is 10.7. The number of piperazine rings is 1. The number of carbonyl (C=O) groups is 1. The van der Waals surface area contributed by atoms with Gasteiger partial charge in [0, 0.05) is 19.1 Å². The molecule has 1 aromatic carbocycles. The van der Waals surface area contributed by atoms with Crippen molar-refractivity contribution in [3.8, 4) is 0 Å². The summed E-state index contributed by atoms with van der Waals surface area (Å²) < 4.78 is 39.0. The lowest BCUT2D eigenvalue weighted by Gasteiger charge is -2.36. The Morgan fingerprint density at radius 1 is 1.30 bits per heavy atom. The van der Waals surface area contributed by atoms with Crippen LogP contribution in [0.3, 0.4) is 0 Å². The average Bonchev–Trinajstić information content (AvgIpc) is 2.64. The second-order valence-corrected chi connectivity index (χ2v) is 5.00. The lowest BCUT2D eigenvalue weighted by atomic mass is 9.98. The van der Waals surface area contributed by atoms with Gasteiger partial charge in [0.15, 0.2) is 0 Å². The summed E-state index contributed by atoms with van der Waals surface area (Å²) in [5, 5.41) is 3.15. The van der Waals surface area contributed by atoms with Crippen LogP contribution < -0.4 is 5.32 Å². The van der Waals surface area contributed by atoms with Gasteiger partial charge in [0.1, 0.15) is 0 Å². The Labute approximate surface area is 120 Å². The minimum absolute atomic E-state index is 0. The summed E-state index contributed by atoms with van der Waals surface area (Å²) in [6.07, 6.45) is -4.49. The third kappa shape index (κ3) is 2.07. The van der Waals surface area contributed by atoms with Crippen molar-refractivity contribution in [1.82, 2.24) is 10.2 Å². The Morgan fingerprint density at radius 3 is 2.65 bits per heavy atom. The van der Waals surface area contributed by atoms with Gasteiger partial charge < -0.3 is 10.2 Å². The summed E-state index contributed by atoms with van der Waals surface area (Å²) in [7, 11) is 0. The summed E-state index contributed by atoms with van der Waals surface area (Å²) >= 11 is 0. The number of hydrogen-bond donors (Lipinski definition) is 1. The van der Waals surface area contributed by atoms with Crippen LogP contribution in [0.2, 0.25) is 0 Å². The van der Waals surface area contributed by atoms with E-state index in [9.17, 15) is 18.0 Å². The molecule has 3 nitrogen and oxygen atoms in total. The van der Waals surface area contributed by atoms with Crippen molar-refractivity contribution in [3.63, 3.8) is 0 Å². The molecule has 20 heavy (non-hydrogen) atoms. The molecular formula is C13H14ClF3N2O. The number of hydrogen-bond acceptors (Lipinski definition) is 2. The largest absolute Gasteiger partial charge is 0.417 e. The van der Waals surface area contributed by atoms with E-state index in [1.54, 1.807) is 11.0 Å². The number of carbonyl (C=O) groups excluding carboxylic acids is 1. The van der Waals surface area contributed by atoms with E-state index in [4.69, 9.17) is 0 Å². The highest BCUT2D eigenvalue weighted by atomic mass is 35.5. The molecule has 0 aromatic heterocycles. The van der Waals surface area contributed by atoms with Gasteiger partial charge in [0.2, 0.25) is 0 Å². The molecule has 2 aliphatic rings. The average molecular weight is 307 g/mol. The van der Waals surface area contributed by atoms with E-state index in [2.05, 4.69) is 5.32 Å².